The molecule has 0 bridgehead atoms. The molecule has 1 fully saturated rings. The molecule has 1 aromatic rings. The van der Waals surface area contributed by atoms with Crippen LogP contribution >= 0.6 is 0 Å². The first-order valence-electron chi connectivity index (χ1n) is 6.73. The normalized spacial score (nSPS) is 16.8. The summed E-state index contributed by atoms with van der Waals surface area (Å²) in [5, 5.41) is 8.35. The van der Waals surface area contributed by atoms with Gasteiger partial charge in [0, 0.05) is 18.2 Å². The van der Waals surface area contributed by atoms with E-state index in [0.717, 1.165) is 12.1 Å². The van der Waals surface area contributed by atoms with Crippen LogP contribution in [0.5, 0.6) is 0 Å². The lowest BCUT2D eigenvalue weighted by Gasteiger charge is -2.35. The Morgan fingerprint density at radius 2 is 1.82 bits per heavy atom. The van der Waals surface area contributed by atoms with E-state index in [9.17, 15) is 0 Å². The number of nitrogens with one attached hydrogen (secondary N) is 1. The Balaban J connectivity index is 2.09. The summed E-state index contributed by atoms with van der Waals surface area (Å²) in [6, 6.07) is 10.7. The lowest BCUT2D eigenvalue weighted by molar-refractivity contribution is 0.251. The highest BCUT2D eigenvalue weighted by Crippen LogP contribution is 2.23. The quantitative estimate of drug-likeness (QED) is 0.622. The van der Waals surface area contributed by atoms with Crippen molar-refractivity contribution in [3.63, 3.8) is 0 Å². The number of rotatable bonds is 3. The van der Waals surface area contributed by atoms with Gasteiger partial charge in [0.2, 0.25) is 0 Å². The van der Waals surface area contributed by atoms with Crippen LogP contribution in [0.2, 0.25) is 0 Å². The van der Waals surface area contributed by atoms with Crippen molar-refractivity contribution < 1.29 is 0 Å². The van der Waals surface area contributed by atoms with E-state index in [1.54, 1.807) is 0 Å². The number of benzene rings is 1. The zero-order chi connectivity index (χ0) is 12.1. The molecule has 2 rings (SSSR count). The van der Waals surface area contributed by atoms with Gasteiger partial charge in [-0.1, -0.05) is 49.6 Å². The maximum absolute atomic E-state index is 8.35. The van der Waals surface area contributed by atoms with Gasteiger partial charge in [-0.2, -0.15) is 0 Å². The van der Waals surface area contributed by atoms with E-state index in [4.69, 9.17) is 5.41 Å². The third-order valence-electron chi connectivity index (χ3n) is 3.69. The van der Waals surface area contributed by atoms with Gasteiger partial charge in [-0.25, -0.2) is 0 Å². The van der Waals surface area contributed by atoms with E-state index >= 15 is 0 Å². The molecular formula is C15H22N2. The molecule has 1 aliphatic rings. The van der Waals surface area contributed by atoms with Crippen LogP contribution in [0.25, 0.3) is 0 Å². The molecule has 2 heteroatoms. The molecule has 0 aromatic heterocycles. The van der Waals surface area contributed by atoms with Crippen LogP contribution in [0.15, 0.2) is 30.3 Å². The fourth-order valence-electron chi connectivity index (χ4n) is 2.75. The summed E-state index contributed by atoms with van der Waals surface area (Å²) >= 11 is 0. The van der Waals surface area contributed by atoms with Crippen LogP contribution < -0.4 is 0 Å². The van der Waals surface area contributed by atoms with Crippen molar-refractivity contribution in [2.45, 2.75) is 45.1 Å². The molecule has 1 aromatic carbocycles. The second-order valence-corrected chi connectivity index (χ2v) is 4.79. The maximum Gasteiger partial charge on any atom is 0.128 e. The minimum absolute atomic E-state index is 0.585. The van der Waals surface area contributed by atoms with E-state index in [-0.39, 0.29) is 0 Å². The van der Waals surface area contributed by atoms with Crippen LogP contribution in [-0.2, 0) is 0 Å². The number of amidine groups is 1. The van der Waals surface area contributed by atoms with Gasteiger partial charge in [0.1, 0.15) is 5.84 Å². The summed E-state index contributed by atoms with van der Waals surface area (Å²) in [5.74, 6) is 0.694. The summed E-state index contributed by atoms with van der Waals surface area (Å²) in [6.45, 7) is 3.10. The zero-order valence-corrected chi connectivity index (χ0v) is 10.7. The van der Waals surface area contributed by atoms with Crippen molar-refractivity contribution in [3.05, 3.63) is 35.9 Å². The first-order valence-corrected chi connectivity index (χ1v) is 6.73. The van der Waals surface area contributed by atoms with Gasteiger partial charge in [-0.15, -0.1) is 0 Å². The van der Waals surface area contributed by atoms with Crippen molar-refractivity contribution in [3.8, 4) is 0 Å². The van der Waals surface area contributed by atoms with Crippen molar-refractivity contribution in [1.82, 2.24) is 4.90 Å². The van der Waals surface area contributed by atoms with E-state index in [0.29, 0.717) is 11.9 Å². The minimum atomic E-state index is 0.585. The van der Waals surface area contributed by atoms with Crippen LogP contribution in [0.1, 0.15) is 44.6 Å². The summed E-state index contributed by atoms with van der Waals surface area (Å²) in [5.41, 5.74) is 1.04. The lowest BCUT2D eigenvalue weighted by atomic mass is 9.93. The van der Waals surface area contributed by atoms with E-state index in [1.807, 2.05) is 30.3 Å². The van der Waals surface area contributed by atoms with Crippen molar-refractivity contribution in [1.29, 1.82) is 5.41 Å². The van der Waals surface area contributed by atoms with Gasteiger partial charge in [-0.3, -0.25) is 5.41 Å². The monoisotopic (exact) mass is 230 g/mol. The number of hydrogen-bond donors (Lipinski definition) is 1. The molecule has 0 amide bonds. The first-order chi connectivity index (χ1) is 8.33. The second kappa shape index (κ2) is 5.85. The molecule has 1 aliphatic carbocycles. The van der Waals surface area contributed by atoms with Crippen molar-refractivity contribution in [2.75, 3.05) is 6.54 Å². The number of hydrogen-bond acceptors (Lipinski definition) is 1. The average Bonchev–Trinajstić information content (AvgIpc) is 2.42. The molecule has 0 aliphatic heterocycles. The third-order valence-corrected chi connectivity index (χ3v) is 3.69. The van der Waals surface area contributed by atoms with Crippen LogP contribution in [-0.4, -0.2) is 23.3 Å². The standard InChI is InChI=1S/C15H22N2/c1-2-17(14-11-7-4-8-12-14)15(16)13-9-5-3-6-10-13/h3,5-6,9-10,14,16H,2,4,7-8,11-12H2,1H3. The topological polar surface area (TPSA) is 27.1 Å². The predicted molar refractivity (Wildman–Crippen MR) is 72.5 cm³/mol. The van der Waals surface area contributed by atoms with E-state index in [2.05, 4.69) is 11.8 Å². The molecule has 17 heavy (non-hydrogen) atoms. The molecule has 1 saturated carbocycles. The Labute approximate surface area is 104 Å². The zero-order valence-electron chi connectivity index (χ0n) is 10.7. The van der Waals surface area contributed by atoms with Gasteiger partial charge in [0.25, 0.3) is 0 Å². The Bertz CT molecular complexity index is 352. The third kappa shape index (κ3) is 2.87. The molecule has 0 atom stereocenters. The highest BCUT2D eigenvalue weighted by molar-refractivity contribution is 5.96. The summed E-state index contributed by atoms with van der Waals surface area (Å²) in [6.07, 6.45) is 6.52. The first kappa shape index (κ1) is 12.2. The molecule has 0 heterocycles. The van der Waals surface area contributed by atoms with Gasteiger partial charge in [-0.05, 0) is 19.8 Å². The Morgan fingerprint density at radius 1 is 1.18 bits per heavy atom. The average molecular weight is 230 g/mol. The lowest BCUT2D eigenvalue weighted by Crippen LogP contribution is -2.41. The van der Waals surface area contributed by atoms with Gasteiger partial charge in [0.05, 0.1) is 0 Å². The molecule has 0 unspecified atom stereocenters. The molecule has 0 radical (unpaired) electrons. The molecular weight excluding hydrogens is 208 g/mol. The van der Waals surface area contributed by atoms with Crippen LogP contribution in [0.4, 0.5) is 0 Å². The molecule has 92 valence electrons. The summed E-state index contributed by atoms with van der Waals surface area (Å²) in [7, 11) is 0. The largest absolute Gasteiger partial charge is 0.354 e. The Morgan fingerprint density at radius 3 is 2.41 bits per heavy atom. The minimum Gasteiger partial charge on any atom is -0.354 e. The summed E-state index contributed by atoms with van der Waals surface area (Å²) in [4.78, 5) is 2.27. The highest BCUT2D eigenvalue weighted by atomic mass is 15.2. The molecule has 1 N–H and O–H groups in total. The fraction of sp³-hybridized carbons (Fsp3) is 0.533. The Kier molecular flexibility index (Phi) is 4.18. The van der Waals surface area contributed by atoms with Crippen LogP contribution in [0, 0.1) is 5.41 Å². The maximum atomic E-state index is 8.35. The van der Waals surface area contributed by atoms with Gasteiger partial charge >= 0.3 is 0 Å². The van der Waals surface area contributed by atoms with Gasteiger partial charge < -0.3 is 4.90 Å². The Hall–Kier alpha value is -1.31. The van der Waals surface area contributed by atoms with E-state index in [1.165, 1.54) is 32.1 Å². The van der Waals surface area contributed by atoms with Crippen molar-refractivity contribution >= 4 is 5.84 Å². The molecule has 0 spiro atoms. The van der Waals surface area contributed by atoms with Crippen LogP contribution in [0.3, 0.4) is 0 Å². The SMILES string of the molecule is CCN(C(=N)c1ccccc1)C1CCCCC1. The van der Waals surface area contributed by atoms with Gasteiger partial charge in [0.15, 0.2) is 0 Å². The highest BCUT2D eigenvalue weighted by Gasteiger charge is 2.22. The summed E-state index contributed by atoms with van der Waals surface area (Å²) < 4.78 is 0. The predicted octanol–water partition coefficient (Wildman–Crippen LogP) is 3.67. The van der Waals surface area contributed by atoms with Crippen molar-refractivity contribution in [2.24, 2.45) is 0 Å². The number of nitrogens with zero attached hydrogens (tertiary/aromatic N) is 1. The smallest absolute Gasteiger partial charge is 0.128 e. The molecule has 2 nitrogen and oxygen atoms in total. The second-order valence-electron chi connectivity index (χ2n) is 4.79. The fourth-order valence-corrected chi connectivity index (χ4v) is 2.75. The molecule has 0 saturated heterocycles. The van der Waals surface area contributed by atoms with E-state index < -0.39 is 0 Å².